The van der Waals surface area contributed by atoms with E-state index < -0.39 is 0 Å². The summed E-state index contributed by atoms with van der Waals surface area (Å²) in [4.78, 5) is 0. The minimum atomic E-state index is 0.266. The lowest BCUT2D eigenvalue weighted by Crippen LogP contribution is -2.91. The van der Waals surface area contributed by atoms with Crippen molar-refractivity contribution in [2.75, 3.05) is 0 Å². The second kappa shape index (κ2) is 7.63. The average molecular weight is 323 g/mol. The summed E-state index contributed by atoms with van der Waals surface area (Å²) >= 11 is 0. The zero-order chi connectivity index (χ0) is 16.9. The number of nitrogens with zero attached hydrogens (tertiary/aromatic N) is 1. The zero-order valence-corrected chi connectivity index (χ0v) is 14.5. The van der Waals surface area contributed by atoms with Gasteiger partial charge in [0.1, 0.15) is 12.1 Å². The summed E-state index contributed by atoms with van der Waals surface area (Å²) in [6, 6.07) is 21.8. The lowest BCUT2D eigenvalue weighted by Gasteiger charge is -2.40. The molecule has 0 unspecified atom stereocenters. The van der Waals surface area contributed by atoms with Gasteiger partial charge in [0.2, 0.25) is 0 Å². The monoisotopic (exact) mass is 323 g/mol. The number of oxime groups is 1. The van der Waals surface area contributed by atoms with Crippen LogP contribution in [0.1, 0.15) is 49.9 Å². The second-order valence-electron chi connectivity index (χ2n) is 6.62. The van der Waals surface area contributed by atoms with E-state index >= 15 is 0 Å². The van der Waals surface area contributed by atoms with Crippen LogP contribution in [0.2, 0.25) is 0 Å². The van der Waals surface area contributed by atoms with Gasteiger partial charge in [0.25, 0.3) is 0 Å². The quantitative estimate of drug-likeness (QED) is 0.650. The van der Waals surface area contributed by atoms with E-state index in [-0.39, 0.29) is 23.9 Å². The molecule has 0 amide bonds. The molecule has 0 aliphatic carbocycles. The summed E-state index contributed by atoms with van der Waals surface area (Å²) in [5, 5.41) is 16.1. The van der Waals surface area contributed by atoms with Crippen LogP contribution in [0.25, 0.3) is 0 Å². The normalized spacial score (nSPS) is 27.0. The number of quaternary nitrogens is 1. The van der Waals surface area contributed by atoms with E-state index in [0.29, 0.717) is 0 Å². The van der Waals surface area contributed by atoms with Gasteiger partial charge < -0.3 is 10.5 Å². The molecule has 1 fully saturated rings. The fourth-order valence-electron chi connectivity index (χ4n) is 4.25. The fourth-order valence-corrected chi connectivity index (χ4v) is 4.25. The van der Waals surface area contributed by atoms with Gasteiger partial charge in [-0.1, -0.05) is 79.7 Å². The predicted molar refractivity (Wildman–Crippen MR) is 97.1 cm³/mol. The Morgan fingerprint density at radius 3 is 1.54 bits per heavy atom. The molecule has 3 nitrogen and oxygen atoms in total. The topological polar surface area (TPSA) is 49.2 Å². The number of rotatable bonds is 4. The van der Waals surface area contributed by atoms with Crippen LogP contribution in [-0.4, -0.2) is 10.9 Å². The number of hydrogen-bond acceptors (Lipinski definition) is 2. The predicted octanol–water partition coefficient (Wildman–Crippen LogP) is 3.93. The van der Waals surface area contributed by atoms with Gasteiger partial charge in [0.05, 0.1) is 17.5 Å². The van der Waals surface area contributed by atoms with Crippen molar-refractivity contribution in [1.29, 1.82) is 0 Å². The van der Waals surface area contributed by atoms with Gasteiger partial charge in [-0.3, -0.25) is 0 Å². The van der Waals surface area contributed by atoms with Crippen LogP contribution in [-0.2, 0) is 0 Å². The summed E-state index contributed by atoms with van der Waals surface area (Å²) in [6.45, 7) is 4.38. The van der Waals surface area contributed by atoms with Gasteiger partial charge in [-0.25, -0.2) is 0 Å². The van der Waals surface area contributed by atoms with Gasteiger partial charge >= 0.3 is 0 Å². The smallest absolute Gasteiger partial charge is 0.120 e. The molecule has 4 atom stereocenters. The molecule has 0 bridgehead atoms. The number of piperidine rings is 1. The van der Waals surface area contributed by atoms with E-state index in [9.17, 15) is 5.21 Å². The first-order valence-electron chi connectivity index (χ1n) is 8.96. The van der Waals surface area contributed by atoms with Crippen LogP contribution in [0.4, 0.5) is 0 Å². The van der Waals surface area contributed by atoms with E-state index in [1.807, 2.05) is 0 Å². The zero-order valence-electron chi connectivity index (χ0n) is 14.5. The van der Waals surface area contributed by atoms with Crippen molar-refractivity contribution in [3.63, 3.8) is 0 Å². The van der Waals surface area contributed by atoms with Crippen molar-refractivity contribution in [1.82, 2.24) is 0 Å². The van der Waals surface area contributed by atoms with Crippen LogP contribution < -0.4 is 5.32 Å². The van der Waals surface area contributed by atoms with Gasteiger partial charge in [-0.2, -0.15) is 0 Å². The van der Waals surface area contributed by atoms with Crippen molar-refractivity contribution in [3.8, 4) is 0 Å². The SMILES string of the molecule is CC[C@@H]1C(=NO)[C@@H](CC)[C@@H](c2ccccc2)[NH2+][C@@H]1c1ccccc1. The summed E-state index contributed by atoms with van der Waals surface area (Å²) in [5.41, 5.74) is 3.58. The number of hydrogen-bond donors (Lipinski definition) is 2. The Balaban J connectivity index is 2.04. The molecule has 1 aliphatic heterocycles. The summed E-state index contributed by atoms with van der Waals surface area (Å²) in [7, 11) is 0. The maximum atomic E-state index is 9.80. The van der Waals surface area contributed by atoms with Crippen molar-refractivity contribution >= 4 is 5.71 Å². The molecule has 3 N–H and O–H groups in total. The Labute approximate surface area is 144 Å². The lowest BCUT2D eigenvalue weighted by molar-refractivity contribution is -0.748. The highest BCUT2D eigenvalue weighted by Gasteiger charge is 2.45. The highest BCUT2D eigenvalue weighted by Crippen LogP contribution is 2.36. The molecule has 1 heterocycles. The maximum absolute atomic E-state index is 9.80. The maximum Gasteiger partial charge on any atom is 0.120 e. The van der Waals surface area contributed by atoms with E-state index in [0.717, 1.165) is 18.6 Å². The molecule has 126 valence electrons. The molecule has 24 heavy (non-hydrogen) atoms. The first kappa shape index (κ1) is 16.7. The lowest BCUT2D eigenvalue weighted by atomic mass is 9.72. The third kappa shape index (κ3) is 3.09. The summed E-state index contributed by atoms with van der Waals surface area (Å²) in [6.07, 6.45) is 1.96. The van der Waals surface area contributed by atoms with Crippen molar-refractivity contribution in [2.45, 2.75) is 38.8 Å². The molecule has 0 saturated carbocycles. The van der Waals surface area contributed by atoms with Crippen molar-refractivity contribution < 1.29 is 10.5 Å². The van der Waals surface area contributed by atoms with E-state index in [2.05, 4.69) is 85.0 Å². The fraction of sp³-hybridized carbons (Fsp3) is 0.381. The number of nitrogens with two attached hydrogens (primary N) is 1. The molecular weight excluding hydrogens is 296 g/mol. The highest BCUT2D eigenvalue weighted by molar-refractivity contribution is 5.90. The van der Waals surface area contributed by atoms with Crippen LogP contribution in [0.5, 0.6) is 0 Å². The standard InChI is InChI=1S/C21H26N2O/c1-3-17-19(15-11-7-5-8-12-15)22-20(16-13-9-6-10-14-16)18(4-2)21(17)23-24/h5-14,17-20,22,24H,3-4H2,1-2H3/p+1/t17-,18-,19+,20+/m0/s1. The molecule has 2 aromatic rings. The Kier molecular flexibility index (Phi) is 5.31. The molecule has 3 heteroatoms. The van der Waals surface area contributed by atoms with Crippen molar-refractivity contribution in [3.05, 3.63) is 71.8 Å². The van der Waals surface area contributed by atoms with Gasteiger partial charge in [0.15, 0.2) is 0 Å². The van der Waals surface area contributed by atoms with Gasteiger partial charge in [0, 0.05) is 11.1 Å². The Hall–Kier alpha value is -2.13. The second-order valence-corrected chi connectivity index (χ2v) is 6.62. The molecular formula is C21H27N2O+. The van der Waals surface area contributed by atoms with E-state index in [1.165, 1.54) is 11.1 Å². The van der Waals surface area contributed by atoms with Gasteiger partial charge in [-0.15, -0.1) is 0 Å². The molecule has 3 rings (SSSR count). The molecule has 1 saturated heterocycles. The largest absolute Gasteiger partial charge is 0.411 e. The Bertz CT molecular complexity index is 613. The minimum absolute atomic E-state index is 0.266. The molecule has 2 aromatic carbocycles. The summed E-state index contributed by atoms with van der Waals surface area (Å²) < 4.78 is 0. The third-order valence-corrected chi connectivity index (χ3v) is 5.41. The molecule has 0 aromatic heterocycles. The molecule has 0 spiro atoms. The first-order valence-corrected chi connectivity index (χ1v) is 8.96. The Morgan fingerprint density at radius 1 is 0.792 bits per heavy atom. The van der Waals surface area contributed by atoms with Crippen LogP contribution in [0.15, 0.2) is 65.8 Å². The van der Waals surface area contributed by atoms with Crippen LogP contribution in [0, 0.1) is 11.8 Å². The average Bonchev–Trinajstić information content (AvgIpc) is 2.67. The highest BCUT2D eigenvalue weighted by atomic mass is 16.4. The third-order valence-electron chi connectivity index (χ3n) is 5.41. The van der Waals surface area contributed by atoms with Crippen molar-refractivity contribution in [2.24, 2.45) is 17.0 Å². The summed E-state index contributed by atoms with van der Waals surface area (Å²) in [5.74, 6) is 0.532. The molecule has 1 aliphatic rings. The van der Waals surface area contributed by atoms with Crippen LogP contribution in [0.3, 0.4) is 0 Å². The first-order chi connectivity index (χ1) is 11.8. The number of benzene rings is 2. The van der Waals surface area contributed by atoms with E-state index in [1.54, 1.807) is 0 Å². The minimum Gasteiger partial charge on any atom is -0.411 e. The molecule has 0 radical (unpaired) electrons. The van der Waals surface area contributed by atoms with Crippen LogP contribution >= 0.6 is 0 Å². The van der Waals surface area contributed by atoms with E-state index in [4.69, 9.17) is 0 Å². The van der Waals surface area contributed by atoms with Gasteiger partial charge in [-0.05, 0) is 12.8 Å². The Morgan fingerprint density at radius 2 is 1.21 bits per heavy atom.